The molecule has 2 aromatic carbocycles. The van der Waals surface area contributed by atoms with Crippen molar-refractivity contribution < 1.29 is 19.2 Å². The number of likely N-dealkylation sites (tertiary alicyclic amines) is 2. The van der Waals surface area contributed by atoms with Crippen molar-refractivity contribution >= 4 is 23.4 Å². The Bertz CT molecular complexity index is 937. The molecular weight excluding hydrogens is 380 g/mol. The lowest BCUT2D eigenvalue weighted by molar-refractivity contribution is -0.164. The molecule has 5 rings (SSSR count). The average Bonchev–Trinajstić information content (AvgIpc) is 2.77. The largest absolute Gasteiger partial charge is 0.332 e. The summed E-state index contributed by atoms with van der Waals surface area (Å²) < 4.78 is 0. The fraction of sp³-hybridized carbons (Fsp3) is 0.333. The van der Waals surface area contributed by atoms with Gasteiger partial charge in [-0.15, -0.1) is 0 Å². The number of carbonyl (C=O) groups is 4. The third-order valence-electron chi connectivity index (χ3n) is 6.70. The average molecular weight is 402 g/mol. The van der Waals surface area contributed by atoms with Gasteiger partial charge in [0.25, 0.3) is 11.8 Å². The van der Waals surface area contributed by atoms with E-state index >= 15 is 0 Å². The topological polar surface area (TPSA) is 74.8 Å². The van der Waals surface area contributed by atoms with Gasteiger partial charge in [-0.05, 0) is 24.3 Å². The van der Waals surface area contributed by atoms with Crippen LogP contribution >= 0.6 is 0 Å². The predicted octanol–water partition coefficient (Wildman–Crippen LogP) is 2.20. The van der Waals surface area contributed by atoms with Crippen LogP contribution in [0.1, 0.15) is 33.6 Å². The first kappa shape index (κ1) is 18.7. The Morgan fingerprint density at radius 1 is 0.633 bits per heavy atom. The normalized spacial score (nSPS) is 27.7. The lowest BCUT2D eigenvalue weighted by Gasteiger charge is -2.61. The van der Waals surface area contributed by atoms with Crippen LogP contribution in [0.15, 0.2) is 60.7 Å². The highest BCUT2D eigenvalue weighted by atomic mass is 16.2. The minimum atomic E-state index is -0.504. The number of benzene rings is 2. The van der Waals surface area contributed by atoms with Gasteiger partial charge in [0.2, 0.25) is 0 Å². The molecule has 152 valence electrons. The zero-order valence-corrected chi connectivity index (χ0v) is 16.4. The lowest BCUT2D eigenvalue weighted by Crippen LogP contribution is -2.77. The summed E-state index contributed by atoms with van der Waals surface area (Å²) in [4.78, 5) is 55.3. The highest BCUT2D eigenvalue weighted by Gasteiger charge is 2.65. The van der Waals surface area contributed by atoms with Crippen molar-refractivity contribution in [1.29, 1.82) is 0 Å². The minimum absolute atomic E-state index is 0.0284. The van der Waals surface area contributed by atoms with Crippen LogP contribution in [-0.4, -0.2) is 58.4 Å². The van der Waals surface area contributed by atoms with Crippen molar-refractivity contribution in [2.24, 2.45) is 11.8 Å². The molecular formula is C24H22N2O4. The Balaban J connectivity index is 1.50. The Hall–Kier alpha value is -3.28. The predicted molar refractivity (Wildman–Crippen MR) is 109 cm³/mol. The number of hydrogen-bond acceptors (Lipinski definition) is 4. The summed E-state index contributed by atoms with van der Waals surface area (Å²) in [6.45, 7) is 0.636. The van der Waals surface area contributed by atoms with Crippen LogP contribution in [0.25, 0.3) is 0 Å². The van der Waals surface area contributed by atoms with Gasteiger partial charge in [-0.3, -0.25) is 19.2 Å². The van der Waals surface area contributed by atoms with Crippen molar-refractivity contribution in [2.75, 3.05) is 13.1 Å². The van der Waals surface area contributed by atoms with E-state index in [1.807, 2.05) is 12.1 Å². The molecule has 3 aliphatic rings. The lowest BCUT2D eigenvalue weighted by atomic mass is 9.56. The van der Waals surface area contributed by atoms with E-state index in [9.17, 15) is 19.2 Å². The Morgan fingerprint density at radius 3 is 1.37 bits per heavy atom. The zero-order valence-electron chi connectivity index (χ0n) is 16.4. The molecule has 2 saturated heterocycles. The van der Waals surface area contributed by atoms with Crippen LogP contribution in [0, 0.1) is 11.8 Å². The molecule has 3 fully saturated rings. The quantitative estimate of drug-likeness (QED) is 0.772. The van der Waals surface area contributed by atoms with E-state index in [0.29, 0.717) is 24.2 Å². The Labute approximate surface area is 174 Å². The number of ketones is 2. The molecule has 6 heteroatoms. The van der Waals surface area contributed by atoms with Gasteiger partial charge in [-0.2, -0.15) is 0 Å². The highest BCUT2D eigenvalue weighted by Crippen LogP contribution is 2.49. The van der Waals surface area contributed by atoms with E-state index in [-0.39, 0.29) is 36.2 Å². The van der Waals surface area contributed by atoms with Gasteiger partial charge in [0.15, 0.2) is 0 Å². The van der Waals surface area contributed by atoms with Crippen molar-refractivity contribution in [3.63, 3.8) is 0 Å². The summed E-state index contributed by atoms with van der Waals surface area (Å²) in [5.74, 6) is -1.25. The van der Waals surface area contributed by atoms with E-state index in [1.165, 1.54) is 0 Å². The number of fused-ring (bicyclic) bond motifs is 4. The van der Waals surface area contributed by atoms with Crippen molar-refractivity contribution in [1.82, 2.24) is 9.80 Å². The maximum Gasteiger partial charge on any atom is 0.254 e. The molecule has 2 aromatic rings. The molecule has 2 amide bonds. The van der Waals surface area contributed by atoms with Crippen molar-refractivity contribution in [3.8, 4) is 0 Å². The molecule has 4 unspecified atom stereocenters. The number of piperidine rings is 2. The first-order valence-electron chi connectivity index (χ1n) is 10.4. The first-order valence-corrected chi connectivity index (χ1v) is 10.4. The number of Topliss-reactive ketones (excluding diaryl/α,β-unsaturated/α-hetero) is 2. The second-order valence-electron chi connectivity index (χ2n) is 8.19. The summed E-state index contributed by atoms with van der Waals surface area (Å²) in [6.07, 6.45) is 0.506. The smallest absolute Gasteiger partial charge is 0.254 e. The van der Waals surface area contributed by atoms with Gasteiger partial charge in [0.05, 0.1) is 23.9 Å². The van der Waals surface area contributed by atoms with E-state index in [2.05, 4.69) is 0 Å². The number of nitrogens with zero attached hydrogens (tertiary/aromatic N) is 2. The second kappa shape index (κ2) is 7.20. The van der Waals surface area contributed by atoms with Crippen LogP contribution in [0.2, 0.25) is 0 Å². The first-order chi connectivity index (χ1) is 14.6. The zero-order chi connectivity index (χ0) is 20.8. The summed E-state index contributed by atoms with van der Waals surface area (Å²) in [5, 5.41) is 0. The SMILES string of the molecule is O=C1CCN(C(=O)c2ccccc2)C2C1C1C(=O)CCN(C(=O)c3ccccc3)C12. The summed E-state index contributed by atoms with van der Waals surface area (Å²) in [6, 6.07) is 17.0. The van der Waals surface area contributed by atoms with Crippen LogP contribution in [0.5, 0.6) is 0 Å². The standard InChI is InChI=1S/C24H22N2O4/c27-17-11-13-25(23(29)15-7-3-1-4-8-15)21-19(17)20-18(28)12-14-26(22(20)21)24(30)16-9-5-2-6-10-16/h1-10,19-22H,11-14H2. The molecule has 0 spiro atoms. The van der Waals surface area contributed by atoms with Gasteiger partial charge >= 0.3 is 0 Å². The molecule has 0 aromatic heterocycles. The molecule has 2 heterocycles. The maximum absolute atomic E-state index is 13.2. The minimum Gasteiger partial charge on any atom is -0.332 e. The molecule has 4 atom stereocenters. The van der Waals surface area contributed by atoms with Crippen LogP contribution < -0.4 is 0 Å². The van der Waals surface area contributed by atoms with Gasteiger partial charge in [0.1, 0.15) is 11.6 Å². The third kappa shape index (κ3) is 2.78. The molecule has 1 saturated carbocycles. The second-order valence-corrected chi connectivity index (χ2v) is 8.19. The fourth-order valence-corrected chi connectivity index (χ4v) is 5.30. The maximum atomic E-state index is 13.2. The summed E-state index contributed by atoms with van der Waals surface area (Å²) in [7, 11) is 0. The molecule has 2 aliphatic heterocycles. The summed E-state index contributed by atoms with van der Waals surface area (Å²) >= 11 is 0. The van der Waals surface area contributed by atoms with Crippen molar-refractivity contribution in [3.05, 3.63) is 71.8 Å². The van der Waals surface area contributed by atoms with Crippen LogP contribution in [0.3, 0.4) is 0 Å². The van der Waals surface area contributed by atoms with Crippen LogP contribution in [0.4, 0.5) is 0 Å². The number of hydrogen-bond donors (Lipinski definition) is 0. The van der Waals surface area contributed by atoms with Gasteiger partial charge in [0, 0.05) is 37.1 Å². The Kier molecular flexibility index (Phi) is 4.50. The summed E-state index contributed by atoms with van der Waals surface area (Å²) in [5.41, 5.74) is 1.11. The molecule has 30 heavy (non-hydrogen) atoms. The van der Waals surface area contributed by atoms with Gasteiger partial charge in [-0.1, -0.05) is 36.4 Å². The molecule has 0 N–H and O–H groups in total. The van der Waals surface area contributed by atoms with E-state index in [0.717, 1.165) is 0 Å². The number of amides is 2. The molecule has 0 radical (unpaired) electrons. The van der Waals surface area contributed by atoms with E-state index in [4.69, 9.17) is 0 Å². The van der Waals surface area contributed by atoms with Crippen molar-refractivity contribution in [2.45, 2.75) is 24.9 Å². The molecule has 0 bridgehead atoms. The molecule has 6 nitrogen and oxygen atoms in total. The van der Waals surface area contributed by atoms with E-state index in [1.54, 1.807) is 58.3 Å². The fourth-order valence-electron chi connectivity index (χ4n) is 5.30. The van der Waals surface area contributed by atoms with E-state index < -0.39 is 23.9 Å². The number of carbonyl (C=O) groups excluding carboxylic acids is 4. The van der Waals surface area contributed by atoms with Crippen LogP contribution in [-0.2, 0) is 9.59 Å². The van der Waals surface area contributed by atoms with Gasteiger partial charge in [-0.25, -0.2) is 0 Å². The highest BCUT2D eigenvalue weighted by molar-refractivity contribution is 6.02. The third-order valence-corrected chi connectivity index (χ3v) is 6.70. The monoisotopic (exact) mass is 402 g/mol. The van der Waals surface area contributed by atoms with Gasteiger partial charge < -0.3 is 9.80 Å². The number of rotatable bonds is 2. The molecule has 1 aliphatic carbocycles. The Morgan fingerprint density at radius 2 is 1.00 bits per heavy atom.